The van der Waals surface area contributed by atoms with Crippen molar-refractivity contribution < 1.29 is 40.0 Å². The van der Waals surface area contributed by atoms with Crippen molar-refractivity contribution in [2.24, 2.45) is 5.73 Å². The van der Waals surface area contributed by atoms with E-state index in [0.29, 0.717) is 12.0 Å². The normalized spacial score (nSPS) is 12.0. The molecule has 3 rings (SSSR count). The van der Waals surface area contributed by atoms with E-state index in [9.17, 15) is 30.8 Å². The number of aromatic nitrogens is 1. The minimum absolute atomic E-state index is 0.0397. The van der Waals surface area contributed by atoms with Gasteiger partial charge in [-0.15, -0.1) is 0 Å². The number of sulfone groups is 1. The summed E-state index contributed by atoms with van der Waals surface area (Å²) in [5, 5.41) is 0.136. The van der Waals surface area contributed by atoms with Gasteiger partial charge in [0, 0.05) is 24.1 Å². The number of halogens is 1. The number of nitrogens with two attached hydrogens (primary N) is 1. The van der Waals surface area contributed by atoms with Crippen LogP contribution in [0.15, 0.2) is 34.7 Å². The van der Waals surface area contributed by atoms with Crippen LogP contribution in [0.1, 0.15) is 35.7 Å². The van der Waals surface area contributed by atoms with Gasteiger partial charge in [-0.05, 0) is 55.2 Å². The maximum Gasteiger partial charge on any atom is 0.412 e. The van der Waals surface area contributed by atoms with Crippen LogP contribution in [0.5, 0.6) is 0 Å². The van der Waals surface area contributed by atoms with Crippen LogP contribution >= 0.6 is 0 Å². The largest absolute Gasteiger partial charge is 0.437 e. The molecule has 0 aliphatic rings. The lowest BCUT2D eigenvalue weighted by Gasteiger charge is -2.23. The number of hydrogen-bond donors (Lipinski definition) is 1. The zero-order chi connectivity index (χ0) is 27.5. The van der Waals surface area contributed by atoms with Crippen LogP contribution in [0.25, 0.3) is 22.4 Å². The second-order valence-corrected chi connectivity index (χ2v) is 12.5. The van der Waals surface area contributed by atoms with Crippen molar-refractivity contribution in [2.45, 2.75) is 26.2 Å². The molecule has 0 radical (unpaired) electrons. The minimum Gasteiger partial charge on any atom is -0.437 e. The van der Waals surface area contributed by atoms with E-state index in [4.69, 9.17) is 10.2 Å². The standard InChI is InChI=1S/C23H26FN3O8S2/c1-4-14-13-17-18(22(28)35-23(25)29)19(15-7-9-16(24)10-8-15)34-21(17)26-20(14)27(37(3,32)33)11-5-6-12-36(2,30)31/h7-10,13H,4-6,11-12H2,1-3H3,(H2,25,29). The molecule has 0 saturated heterocycles. The zero-order valence-corrected chi connectivity index (χ0v) is 22.0. The summed E-state index contributed by atoms with van der Waals surface area (Å²) in [5.74, 6) is -1.78. The van der Waals surface area contributed by atoms with Gasteiger partial charge in [0.05, 0.1) is 11.6 Å². The van der Waals surface area contributed by atoms with Crippen molar-refractivity contribution in [2.75, 3.05) is 29.1 Å². The van der Waals surface area contributed by atoms with Crippen LogP contribution < -0.4 is 10.0 Å². The van der Waals surface area contributed by atoms with Crippen molar-refractivity contribution in [3.8, 4) is 11.3 Å². The molecule has 11 nitrogen and oxygen atoms in total. The lowest BCUT2D eigenvalue weighted by molar-refractivity contribution is 0.0640. The van der Waals surface area contributed by atoms with Crippen LogP contribution in [0.3, 0.4) is 0 Å². The van der Waals surface area contributed by atoms with Gasteiger partial charge in [-0.1, -0.05) is 6.92 Å². The van der Waals surface area contributed by atoms with Gasteiger partial charge in [0.25, 0.3) is 0 Å². The maximum absolute atomic E-state index is 13.5. The molecular weight excluding hydrogens is 529 g/mol. The molecule has 2 aromatic heterocycles. The Kier molecular flexibility index (Phi) is 8.22. The number of unbranched alkanes of at least 4 members (excludes halogenated alkanes) is 1. The van der Waals surface area contributed by atoms with E-state index in [1.165, 1.54) is 18.2 Å². The van der Waals surface area contributed by atoms with Crippen molar-refractivity contribution in [1.29, 1.82) is 0 Å². The van der Waals surface area contributed by atoms with Gasteiger partial charge in [0.2, 0.25) is 15.7 Å². The van der Waals surface area contributed by atoms with Crippen LogP contribution in [0.2, 0.25) is 0 Å². The van der Waals surface area contributed by atoms with Crippen molar-refractivity contribution >= 4 is 48.8 Å². The highest BCUT2D eigenvalue weighted by molar-refractivity contribution is 7.92. The predicted octanol–water partition coefficient (Wildman–Crippen LogP) is 3.02. The lowest BCUT2D eigenvalue weighted by Crippen LogP contribution is -2.32. The van der Waals surface area contributed by atoms with Crippen molar-refractivity contribution in [3.63, 3.8) is 0 Å². The molecule has 3 aromatic rings. The number of nitrogens with zero attached hydrogens (tertiary/aromatic N) is 2. The Hall–Kier alpha value is -3.52. The number of rotatable bonds is 10. The molecule has 2 N–H and O–H groups in total. The summed E-state index contributed by atoms with van der Waals surface area (Å²) in [6.45, 7) is 1.71. The zero-order valence-electron chi connectivity index (χ0n) is 20.4. The van der Waals surface area contributed by atoms with E-state index in [1.807, 2.05) is 0 Å². The Balaban J connectivity index is 2.18. The molecular formula is C23H26FN3O8S2. The summed E-state index contributed by atoms with van der Waals surface area (Å²) in [7, 11) is -7.05. The van der Waals surface area contributed by atoms with E-state index in [2.05, 4.69) is 9.72 Å². The van der Waals surface area contributed by atoms with E-state index in [1.54, 1.807) is 6.92 Å². The lowest BCUT2D eigenvalue weighted by atomic mass is 10.0. The fourth-order valence-corrected chi connectivity index (χ4v) is 5.39. The molecule has 0 aliphatic heterocycles. The van der Waals surface area contributed by atoms with E-state index >= 15 is 0 Å². The van der Waals surface area contributed by atoms with E-state index in [0.717, 1.165) is 28.9 Å². The fourth-order valence-electron chi connectivity index (χ4n) is 3.73. The van der Waals surface area contributed by atoms with Gasteiger partial charge in [0.1, 0.15) is 27.0 Å². The molecule has 37 heavy (non-hydrogen) atoms. The summed E-state index contributed by atoms with van der Waals surface area (Å²) in [4.78, 5) is 28.4. The van der Waals surface area contributed by atoms with Crippen molar-refractivity contribution in [1.82, 2.24) is 4.98 Å². The molecule has 0 unspecified atom stereocenters. The highest BCUT2D eigenvalue weighted by atomic mass is 32.2. The molecule has 0 fully saturated rings. The van der Waals surface area contributed by atoms with E-state index < -0.39 is 37.7 Å². The molecule has 14 heteroatoms. The number of primary amides is 1. The summed E-state index contributed by atoms with van der Waals surface area (Å²) in [6, 6.07) is 6.48. The quantitative estimate of drug-likeness (QED) is 0.225. The number of benzene rings is 1. The summed E-state index contributed by atoms with van der Waals surface area (Å²) in [5.41, 5.74) is 5.40. The minimum atomic E-state index is -3.84. The average molecular weight is 556 g/mol. The molecule has 2 heterocycles. The van der Waals surface area contributed by atoms with Gasteiger partial charge >= 0.3 is 12.1 Å². The Morgan fingerprint density at radius 3 is 2.30 bits per heavy atom. The number of amides is 1. The smallest absolute Gasteiger partial charge is 0.412 e. The topological polar surface area (TPSA) is 167 Å². The van der Waals surface area contributed by atoms with Gasteiger partial charge in [-0.2, -0.15) is 4.98 Å². The number of aryl methyl sites for hydroxylation is 1. The molecule has 0 spiro atoms. The number of esters is 1. The first-order valence-electron chi connectivity index (χ1n) is 11.1. The number of hydrogen-bond acceptors (Lipinski definition) is 9. The van der Waals surface area contributed by atoms with Crippen LogP contribution in [0.4, 0.5) is 15.0 Å². The Bertz CT molecular complexity index is 1550. The van der Waals surface area contributed by atoms with Crippen LogP contribution in [-0.2, 0) is 31.0 Å². The maximum atomic E-state index is 13.5. The second kappa shape index (κ2) is 10.8. The van der Waals surface area contributed by atoms with Crippen LogP contribution in [-0.4, -0.2) is 58.7 Å². The number of ether oxygens (including phenoxy) is 1. The average Bonchev–Trinajstić information content (AvgIpc) is 3.15. The highest BCUT2D eigenvalue weighted by Crippen LogP contribution is 2.37. The molecule has 0 aliphatic carbocycles. The fraction of sp³-hybridized carbons (Fsp3) is 0.348. The predicted molar refractivity (Wildman–Crippen MR) is 135 cm³/mol. The first-order valence-corrected chi connectivity index (χ1v) is 15.0. The summed E-state index contributed by atoms with van der Waals surface area (Å²) < 4.78 is 73.1. The summed E-state index contributed by atoms with van der Waals surface area (Å²) in [6.07, 6.45) is 1.54. The Morgan fingerprint density at radius 2 is 1.76 bits per heavy atom. The molecule has 200 valence electrons. The monoisotopic (exact) mass is 555 g/mol. The summed E-state index contributed by atoms with van der Waals surface area (Å²) >= 11 is 0. The van der Waals surface area contributed by atoms with Gasteiger partial charge in [-0.3, -0.25) is 4.31 Å². The van der Waals surface area contributed by atoms with Gasteiger partial charge < -0.3 is 14.9 Å². The first-order chi connectivity index (χ1) is 17.2. The Labute approximate surface area is 213 Å². The number of carbonyl (C=O) groups is 2. The third kappa shape index (κ3) is 6.83. The number of pyridine rings is 1. The SMILES string of the molecule is CCc1cc2c(C(=O)OC(N)=O)c(-c3ccc(F)cc3)oc2nc1N(CCCCS(C)(=O)=O)S(C)(=O)=O. The second-order valence-electron chi connectivity index (χ2n) is 8.37. The molecule has 0 bridgehead atoms. The number of furan rings is 1. The third-order valence-electron chi connectivity index (χ3n) is 5.39. The van der Waals surface area contributed by atoms with Gasteiger partial charge in [-0.25, -0.2) is 30.8 Å². The molecule has 0 saturated carbocycles. The Morgan fingerprint density at radius 1 is 1.11 bits per heavy atom. The van der Waals surface area contributed by atoms with Gasteiger partial charge in [0.15, 0.2) is 5.76 Å². The number of sulfonamides is 1. The number of anilines is 1. The van der Waals surface area contributed by atoms with Crippen molar-refractivity contribution in [3.05, 3.63) is 47.3 Å². The number of carbonyl (C=O) groups excluding carboxylic acids is 2. The van der Waals surface area contributed by atoms with Crippen LogP contribution in [0, 0.1) is 5.82 Å². The third-order valence-corrected chi connectivity index (χ3v) is 7.57. The highest BCUT2D eigenvalue weighted by Gasteiger charge is 2.29. The molecule has 0 atom stereocenters. The number of fused-ring (bicyclic) bond motifs is 1. The molecule has 1 amide bonds. The van der Waals surface area contributed by atoms with E-state index in [-0.39, 0.29) is 58.9 Å². The molecule has 1 aromatic carbocycles. The first kappa shape index (κ1) is 28.1.